The van der Waals surface area contributed by atoms with E-state index in [0.717, 1.165) is 36.3 Å². The molecule has 2 aliphatic heterocycles. The van der Waals surface area contributed by atoms with Crippen LogP contribution in [0.25, 0.3) is 11.3 Å². The second-order valence-electron chi connectivity index (χ2n) is 7.78. The van der Waals surface area contributed by atoms with Gasteiger partial charge in [-0.1, -0.05) is 35.9 Å². The standard InChI is InChI=1S/C23H22ClFN4O2/c24-17-6-4-15(5-7-17)20-19-21(27-26-20)23(30)29(9-8-28-10-12-31-13-11-28)22(19)16-2-1-3-18(25)14-16/h1-7,14,22H,8-13H2,(H,26,27). The molecule has 1 N–H and O–H groups in total. The van der Waals surface area contributed by atoms with Gasteiger partial charge in [0.05, 0.1) is 24.9 Å². The third-order valence-electron chi connectivity index (χ3n) is 5.91. The van der Waals surface area contributed by atoms with Gasteiger partial charge in [-0.2, -0.15) is 5.10 Å². The fourth-order valence-corrected chi connectivity index (χ4v) is 4.48. The lowest BCUT2D eigenvalue weighted by molar-refractivity contribution is 0.0316. The lowest BCUT2D eigenvalue weighted by atomic mass is 9.96. The Hall–Kier alpha value is -2.74. The predicted octanol–water partition coefficient (Wildman–Crippen LogP) is 3.75. The molecule has 2 aliphatic rings. The molecular weight excluding hydrogens is 419 g/mol. The van der Waals surface area contributed by atoms with Gasteiger partial charge in [0.1, 0.15) is 11.5 Å². The summed E-state index contributed by atoms with van der Waals surface area (Å²) in [7, 11) is 0. The Morgan fingerprint density at radius 1 is 1.13 bits per heavy atom. The van der Waals surface area contributed by atoms with Crippen LogP contribution in [0, 0.1) is 5.82 Å². The minimum absolute atomic E-state index is 0.120. The zero-order chi connectivity index (χ0) is 21.4. The number of morpholine rings is 1. The van der Waals surface area contributed by atoms with Gasteiger partial charge in [0.15, 0.2) is 0 Å². The number of aromatic amines is 1. The summed E-state index contributed by atoms with van der Waals surface area (Å²) in [5, 5.41) is 7.99. The summed E-state index contributed by atoms with van der Waals surface area (Å²) in [6.07, 6.45) is 0. The average Bonchev–Trinajstić information content (AvgIpc) is 3.32. The fraction of sp³-hybridized carbons (Fsp3) is 0.304. The topological polar surface area (TPSA) is 61.5 Å². The van der Waals surface area contributed by atoms with Crippen molar-refractivity contribution in [3.63, 3.8) is 0 Å². The lowest BCUT2D eigenvalue weighted by Gasteiger charge is -2.31. The van der Waals surface area contributed by atoms with Gasteiger partial charge in [-0.3, -0.25) is 14.8 Å². The third-order valence-corrected chi connectivity index (χ3v) is 6.16. The van der Waals surface area contributed by atoms with E-state index in [1.165, 1.54) is 12.1 Å². The van der Waals surface area contributed by atoms with E-state index < -0.39 is 6.04 Å². The Labute approximate surface area is 184 Å². The normalized spacial score (nSPS) is 19.1. The minimum atomic E-state index is -0.413. The van der Waals surface area contributed by atoms with Crippen LogP contribution in [0.1, 0.15) is 27.7 Å². The maximum Gasteiger partial charge on any atom is 0.273 e. The van der Waals surface area contributed by atoms with Gasteiger partial charge in [-0.25, -0.2) is 4.39 Å². The van der Waals surface area contributed by atoms with Crippen LogP contribution in [0.3, 0.4) is 0 Å². The molecule has 0 spiro atoms. The molecule has 1 unspecified atom stereocenters. The van der Waals surface area contributed by atoms with Crippen molar-refractivity contribution in [2.75, 3.05) is 39.4 Å². The molecule has 1 aromatic heterocycles. The second kappa shape index (κ2) is 8.42. The van der Waals surface area contributed by atoms with Crippen molar-refractivity contribution < 1.29 is 13.9 Å². The fourth-order valence-electron chi connectivity index (χ4n) is 4.35. The van der Waals surface area contributed by atoms with E-state index in [4.69, 9.17) is 16.3 Å². The summed E-state index contributed by atoms with van der Waals surface area (Å²) >= 11 is 6.05. The maximum atomic E-state index is 14.1. The SMILES string of the molecule is O=C1c2[nH]nc(-c3ccc(Cl)cc3)c2C(c2cccc(F)c2)N1CCN1CCOCC1. The number of aromatic nitrogens is 2. The summed E-state index contributed by atoms with van der Waals surface area (Å²) in [5.74, 6) is -0.451. The molecule has 8 heteroatoms. The highest BCUT2D eigenvalue weighted by atomic mass is 35.5. The number of benzene rings is 2. The quantitative estimate of drug-likeness (QED) is 0.656. The Balaban J connectivity index is 1.53. The number of rotatable bonds is 5. The molecule has 0 radical (unpaired) electrons. The first-order valence-corrected chi connectivity index (χ1v) is 10.7. The molecular formula is C23H22ClFN4O2. The number of fused-ring (bicyclic) bond motifs is 1. The molecule has 160 valence electrons. The number of halogens is 2. The first-order chi connectivity index (χ1) is 15.1. The van der Waals surface area contributed by atoms with Gasteiger partial charge >= 0.3 is 0 Å². The Morgan fingerprint density at radius 2 is 1.90 bits per heavy atom. The molecule has 1 saturated heterocycles. The smallest absolute Gasteiger partial charge is 0.273 e. The van der Waals surface area contributed by atoms with Gasteiger partial charge in [-0.05, 0) is 29.8 Å². The van der Waals surface area contributed by atoms with Crippen molar-refractivity contribution in [3.05, 3.63) is 76.2 Å². The molecule has 0 saturated carbocycles. The molecule has 6 nitrogen and oxygen atoms in total. The van der Waals surface area contributed by atoms with Crippen LogP contribution in [0.2, 0.25) is 5.02 Å². The van der Waals surface area contributed by atoms with Crippen LogP contribution in [-0.4, -0.2) is 65.3 Å². The van der Waals surface area contributed by atoms with Crippen molar-refractivity contribution in [3.8, 4) is 11.3 Å². The summed E-state index contributed by atoms with van der Waals surface area (Å²) in [4.78, 5) is 17.4. The molecule has 0 aliphatic carbocycles. The van der Waals surface area contributed by atoms with Gasteiger partial charge in [0.2, 0.25) is 0 Å². The van der Waals surface area contributed by atoms with Crippen LogP contribution < -0.4 is 0 Å². The monoisotopic (exact) mass is 440 g/mol. The number of carbonyl (C=O) groups is 1. The number of amides is 1. The van der Waals surface area contributed by atoms with E-state index in [1.807, 2.05) is 23.1 Å². The highest BCUT2D eigenvalue weighted by Crippen LogP contribution is 2.42. The number of carbonyl (C=O) groups excluding carboxylic acids is 1. The van der Waals surface area contributed by atoms with E-state index in [9.17, 15) is 9.18 Å². The van der Waals surface area contributed by atoms with Crippen LogP contribution in [0.5, 0.6) is 0 Å². The van der Waals surface area contributed by atoms with Gasteiger partial charge in [-0.15, -0.1) is 0 Å². The highest BCUT2D eigenvalue weighted by molar-refractivity contribution is 6.30. The van der Waals surface area contributed by atoms with Crippen LogP contribution in [0.4, 0.5) is 4.39 Å². The van der Waals surface area contributed by atoms with Crippen LogP contribution in [-0.2, 0) is 4.74 Å². The summed E-state index contributed by atoms with van der Waals surface area (Å²) < 4.78 is 19.5. The molecule has 31 heavy (non-hydrogen) atoms. The van der Waals surface area contributed by atoms with Crippen molar-refractivity contribution in [2.45, 2.75) is 6.04 Å². The number of nitrogens with one attached hydrogen (secondary N) is 1. The van der Waals surface area contributed by atoms with E-state index >= 15 is 0 Å². The molecule has 3 aromatic rings. The minimum Gasteiger partial charge on any atom is -0.379 e. The molecule has 1 fully saturated rings. The second-order valence-corrected chi connectivity index (χ2v) is 8.21. The average molecular weight is 441 g/mol. The Morgan fingerprint density at radius 3 is 2.65 bits per heavy atom. The van der Waals surface area contributed by atoms with E-state index in [1.54, 1.807) is 18.2 Å². The third kappa shape index (κ3) is 3.84. The zero-order valence-corrected chi connectivity index (χ0v) is 17.6. The molecule has 0 bridgehead atoms. The predicted molar refractivity (Wildman–Crippen MR) is 116 cm³/mol. The molecule has 5 rings (SSSR count). The van der Waals surface area contributed by atoms with Crippen LogP contribution in [0.15, 0.2) is 48.5 Å². The van der Waals surface area contributed by atoms with Gasteiger partial charge in [0, 0.05) is 42.3 Å². The van der Waals surface area contributed by atoms with E-state index in [0.29, 0.717) is 36.2 Å². The maximum absolute atomic E-state index is 14.1. The van der Waals surface area contributed by atoms with Gasteiger partial charge in [0.25, 0.3) is 5.91 Å². The summed E-state index contributed by atoms with van der Waals surface area (Å²) in [5.41, 5.74) is 3.50. The number of hydrogen-bond donors (Lipinski definition) is 1. The Bertz CT molecular complexity index is 1100. The van der Waals surface area contributed by atoms with Crippen molar-refractivity contribution in [1.82, 2.24) is 20.0 Å². The molecule has 2 aromatic carbocycles. The zero-order valence-electron chi connectivity index (χ0n) is 16.9. The van der Waals surface area contributed by atoms with E-state index in [2.05, 4.69) is 15.1 Å². The van der Waals surface area contributed by atoms with Crippen LogP contribution >= 0.6 is 11.6 Å². The molecule has 3 heterocycles. The van der Waals surface area contributed by atoms with Crippen molar-refractivity contribution >= 4 is 17.5 Å². The first-order valence-electron chi connectivity index (χ1n) is 10.3. The molecule has 1 amide bonds. The number of H-pyrrole nitrogens is 1. The highest BCUT2D eigenvalue weighted by Gasteiger charge is 2.42. The number of hydrogen-bond acceptors (Lipinski definition) is 4. The van der Waals surface area contributed by atoms with E-state index in [-0.39, 0.29) is 11.7 Å². The lowest BCUT2D eigenvalue weighted by Crippen LogP contribution is -2.42. The number of ether oxygens (including phenoxy) is 1. The number of nitrogens with zero attached hydrogens (tertiary/aromatic N) is 3. The Kier molecular flexibility index (Phi) is 5.48. The molecule has 1 atom stereocenters. The summed E-state index contributed by atoms with van der Waals surface area (Å²) in [6.45, 7) is 4.35. The summed E-state index contributed by atoms with van der Waals surface area (Å²) in [6, 6.07) is 13.4. The largest absolute Gasteiger partial charge is 0.379 e. The van der Waals surface area contributed by atoms with Gasteiger partial charge < -0.3 is 9.64 Å². The first kappa shape index (κ1) is 20.2. The van der Waals surface area contributed by atoms with Crippen molar-refractivity contribution in [1.29, 1.82) is 0 Å². The van der Waals surface area contributed by atoms with Crippen molar-refractivity contribution in [2.24, 2.45) is 0 Å².